The molecule has 0 radical (unpaired) electrons. The summed E-state index contributed by atoms with van der Waals surface area (Å²) in [5.74, 6) is -1.19. The molecule has 0 fully saturated rings. The Bertz CT molecular complexity index is 267. The van der Waals surface area contributed by atoms with Gasteiger partial charge in [0.15, 0.2) is 0 Å². The lowest BCUT2D eigenvalue weighted by atomic mass is 10.0. The molecule has 4 heteroatoms. The second-order valence-corrected chi connectivity index (χ2v) is 3.03. The minimum atomic E-state index is -0.431. The summed E-state index contributed by atoms with van der Waals surface area (Å²) in [4.78, 5) is 22.6. The van der Waals surface area contributed by atoms with Gasteiger partial charge in [-0.1, -0.05) is 6.08 Å². The standard InChI is InChI=1S/C10H14O4/c1-3-14-10(12)8-6-4-5-7(8)9(11)13-2/h6-7H,3-5H2,1-2H3. The number of ether oxygens (including phenoxy) is 2. The maximum absolute atomic E-state index is 11.4. The van der Waals surface area contributed by atoms with Gasteiger partial charge in [-0.2, -0.15) is 0 Å². The van der Waals surface area contributed by atoms with Crippen LogP contribution in [-0.4, -0.2) is 25.7 Å². The van der Waals surface area contributed by atoms with Gasteiger partial charge in [-0.15, -0.1) is 0 Å². The molecule has 14 heavy (non-hydrogen) atoms. The van der Waals surface area contributed by atoms with Crippen LogP contribution in [0.3, 0.4) is 0 Å². The molecule has 0 heterocycles. The molecule has 0 aromatic heterocycles. The molecule has 4 nitrogen and oxygen atoms in total. The van der Waals surface area contributed by atoms with Crippen molar-refractivity contribution in [2.45, 2.75) is 19.8 Å². The first-order valence-electron chi connectivity index (χ1n) is 4.65. The van der Waals surface area contributed by atoms with Gasteiger partial charge < -0.3 is 9.47 Å². The lowest BCUT2D eigenvalue weighted by molar-refractivity contribution is -0.147. The number of carbonyl (C=O) groups excluding carboxylic acids is 2. The van der Waals surface area contributed by atoms with E-state index in [0.29, 0.717) is 18.6 Å². The number of hydrogen-bond donors (Lipinski definition) is 0. The maximum atomic E-state index is 11.4. The summed E-state index contributed by atoms with van der Waals surface area (Å²) in [6, 6.07) is 0. The van der Waals surface area contributed by atoms with Gasteiger partial charge in [-0.25, -0.2) is 4.79 Å². The van der Waals surface area contributed by atoms with E-state index in [1.807, 2.05) is 0 Å². The first-order valence-corrected chi connectivity index (χ1v) is 4.65. The fourth-order valence-electron chi connectivity index (χ4n) is 1.53. The minimum Gasteiger partial charge on any atom is -0.469 e. The van der Waals surface area contributed by atoms with Gasteiger partial charge in [0.1, 0.15) is 0 Å². The number of carbonyl (C=O) groups is 2. The van der Waals surface area contributed by atoms with Crippen molar-refractivity contribution in [2.24, 2.45) is 5.92 Å². The highest BCUT2D eigenvalue weighted by molar-refractivity contribution is 5.96. The van der Waals surface area contributed by atoms with Crippen LogP contribution in [0.5, 0.6) is 0 Å². The third-order valence-corrected chi connectivity index (χ3v) is 2.19. The summed E-state index contributed by atoms with van der Waals surface area (Å²) in [5.41, 5.74) is 0.443. The molecule has 0 aliphatic heterocycles. The Balaban J connectivity index is 2.68. The zero-order valence-corrected chi connectivity index (χ0v) is 8.41. The predicted octanol–water partition coefficient (Wildman–Crippen LogP) is 1.06. The first kappa shape index (κ1) is 10.8. The van der Waals surface area contributed by atoms with E-state index >= 15 is 0 Å². The lowest BCUT2D eigenvalue weighted by Gasteiger charge is -2.10. The second kappa shape index (κ2) is 4.79. The van der Waals surface area contributed by atoms with E-state index in [2.05, 4.69) is 4.74 Å². The second-order valence-electron chi connectivity index (χ2n) is 3.03. The molecule has 1 aliphatic carbocycles. The summed E-state index contributed by atoms with van der Waals surface area (Å²) < 4.78 is 9.44. The van der Waals surface area contributed by atoms with Crippen LogP contribution in [0.2, 0.25) is 0 Å². The predicted molar refractivity (Wildman–Crippen MR) is 49.5 cm³/mol. The molecule has 0 bridgehead atoms. The van der Waals surface area contributed by atoms with Gasteiger partial charge in [0.05, 0.1) is 19.6 Å². The Morgan fingerprint density at radius 3 is 2.86 bits per heavy atom. The van der Waals surface area contributed by atoms with Gasteiger partial charge in [0, 0.05) is 5.57 Å². The molecule has 0 saturated heterocycles. The molecular formula is C10H14O4. The zero-order valence-electron chi connectivity index (χ0n) is 8.41. The van der Waals surface area contributed by atoms with E-state index in [1.54, 1.807) is 13.0 Å². The van der Waals surface area contributed by atoms with Crippen LogP contribution in [0.4, 0.5) is 0 Å². The normalized spacial score (nSPS) is 20.1. The van der Waals surface area contributed by atoms with Gasteiger partial charge >= 0.3 is 11.9 Å². The highest BCUT2D eigenvalue weighted by Gasteiger charge is 2.32. The molecule has 0 aromatic rings. The number of allylic oxidation sites excluding steroid dienone is 1. The molecule has 1 rings (SSSR count). The number of hydrogen-bond acceptors (Lipinski definition) is 4. The summed E-state index contributed by atoms with van der Waals surface area (Å²) >= 11 is 0. The number of esters is 2. The fraction of sp³-hybridized carbons (Fsp3) is 0.600. The maximum Gasteiger partial charge on any atom is 0.334 e. The minimum absolute atomic E-state index is 0.323. The van der Waals surface area contributed by atoms with Crippen molar-refractivity contribution in [3.63, 3.8) is 0 Å². The van der Waals surface area contributed by atoms with Gasteiger partial charge in [0.25, 0.3) is 0 Å². The summed E-state index contributed by atoms with van der Waals surface area (Å²) in [5, 5.41) is 0. The van der Waals surface area contributed by atoms with Crippen molar-refractivity contribution in [1.29, 1.82) is 0 Å². The highest BCUT2D eigenvalue weighted by atomic mass is 16.5. The van der Waals surface area contributed by atoms with Gasteiger partial charge in [-0.3, -0.25) is 4.79 Å². The highest BCUT2D eigenvalue weighted by Crippen LogP contribution is 2.27. The Kier molecular flexibility index (Phi) is 3.68. The van der Waals surface area contributed by atoms with Crippen LogP contribution in [0, 0.1) is 5.92 Å². The zero-order chi connectivity index (χ0) is 10.6. The molecule has 0 saturated carbocycles. The first-order chi connectivity index (χ1) is 6.70. The van der Waals surface area contributed by atoms with E-state index < -0.39 is 11.9 Å². The van der Waals surface area contributed by atoms with Gasteiger partial charge in [-0.05, 0) is 19.8 Å². The SMILES string of the molecule is CCOC(=O)C1=CCCC1C(=O)OC. The topological polar surface area (TPSA) is 52.6 Å². The van der Waals surface area contributed by atoms with Crippen LogP contribution in [-0.2, 0) is 19.1 Å². The van der Waals surface area contributed by atoms with Gasteiger partial charge in [0.2, 0.25) is 0 Å². The van der Waals surface area contributed by atoms with E-state index in [-0.39, 0.29) is 5.97 Å². The van der Waals surface area contributed by atoms with E-state index in [9.17, 15) is 9.59 Å². The molecule has 0 N–H and O–H groups in total. The number of methoxy groups -OCH3 is 1. The molecule has 78 valence electrons. The monoisotopic (exact) mass is 198 g/mol. The molecule has 0 spiro atoms. The van der Waals surface area contributed by atoms with E-state index in [4.69, 9.17) is 4.74 Å². The summed E-state index contributed by atoms with van der Waals surface area (Å²) in [6.07, 6.45) is 3.12. The summed E-state index contributed by atoms with van der Waals surface area (Å²) in [6.45, 7) is 2.06. The van der Waals surface area contributed by atoms with E-state index in [0.717, 1.165) is 6.42 Å². The van der Waals surface area contributed by atoms with Crippen LogP contribution in [0.25, 0.3) is 0 Å². The van der Waals surface area contributed by atoms with Crippen molar-refractivity contribution < 1.29 is 19.1 Å². The van der Waals surface area contributed by atoms with E-state index in [1.165, 1.54) is 7.11 Å². The van der Waals surface area contributed by atoms with Crippen LogP contribution < -0.4 is 0 Å². The molecule has 1 aliphatic rings. The lowest BCUT2D eigenvalue weighted by Crippen LogP contribution is -2.21. The molecule has 0 aromatic carbocycles. The third-order valence-electron chi connectivity index (χ3n) is 2.19. The molecule has 0 amide bonds. The number of rotatable bonds is 3. The Hall–Kier alpha value is -1.32. The summed E-state index contributed by atoms with van der Waals surface area (Å²) in [7, 11) is 1.32. The fourth-order valence-corrected chi connectivity index (χ4v) is 1.53. The molecule has 1 atom stereocenters. The van der Waals surface area contributed by atoms with Crippen LogP contribution in [0.15, 0.2) is 11.6 Å². The largest absolute Gasteiger partial charge is 0.469 e. The smallest absolute Gasteiger partial charge is 0.334 e. The quantitative estimate of drug-likeness (QED) is 0.636. The van der Waals surface area contributed by atoms with Crippen LogP contribution in [0.1, 0.15) is 19.8 Å². The van der Waals surface area contributed by atoms with Crippen LogP contribution >= 0.6 is 0 Å². The van der Waals surface area contributed by atoms with Crippen molar-refractivity contribution in [3.8, 4) is 0 Å². The van der Waals surface area contributed by atoms with Crippen molar-refractivity contribution in [1.82, 2.24) is 0 Å². The Morgan fingerprint density at radius 1 is 1.57 bits per heavy atom. The van der Waals surface area contributed by atoms with Crippen molar-refractivity contribution in [3.05, 3.63) is 11.6 Å². The average molecular weight is 198 g/mol. The molecular weight excluding hydrogens is 184 g/mol. The third kappa shape index (κ3) is 2.13. The van der Waals surface area contributed by atoms with Crippen molar-refractivity contribution in [2.75, 3.05) is 13.7 Å². The van der Waals surface area contributed by atoms with Crippen molar-refractivity contribution >= 4 is 11.9 Å². The molecule has 1 unspecified atom stereocenters. The Labute approximate surface area is 82.9 Å². The average Bonchev–Trinajstić information content (AvgIpc) is 2.65. The Morgan fingerprint density at radius 2 is 2.29 bits per heavy atom.